The lowest BCUT2D eigenvalue weighted by atomic mass is 9.96. The summed E-state index contributed by atoms with van der Waals surface area (Å²) in [4.78, 5) is 27.3. The molecular formula is C21H26N4O3. The summed E-state index contributed by atoms with van der Waals surface area (Å²) in [6, 6.07) is 8.63. The number of nitrogens with zero attached hydrogens (tertiary/aromatic N) is 1. The number of ether oxygens (including phenoxy) is 1. The molecule has 7 heteroatoms. The molecule has 148 valence electrons. The van der Waals surface area contributed by atoms with Crippen molar-refractivity contribution in [2.75, 3.05) is 11.9 Å². The Kier molecular flexibility index (Phi) is 6.53. The van der Waals surface area contributed by atoms with E-state index >= 15 is 0 Å². The Morgan fingerprint density at radius 1 is 1.21 bits per heavy atom. The van der Waals surface area contributed by atoms with E-state index in [0.29, 0.717) is 18.0 Å². The molecule has 0 aliphatic rings. The second kappa shape index (κ2) is 8.67. The number of nitrogens with one attached hydrogen (secondary N) is 1. The van der Waals surface area contributed by atoms with Gasteiger partial charge in [0.05, 0.1) is 11.1 Å². The molecule has 1 heterocycles. The Morgan fingerprint density at radius 3 is 2.50 bits per heavy atom. The van der Waals surface area contributed by atoms with Crippen LogP contribution in [0.3, 0.4) is 0 Å². The summed E-state index contributed by atoms with van der Waals surface area (Å²) in [5, 5.41) is 2.63. The van der Waals surface area contributed by atoms with E-state index in [1.807, 2.05) is 13.8 Å². The van der Waals surface area contributed by atoms with Gasteiger partial charge in [-0.15, -0.1) is 6.58 Å². The average Bonchev–Trinajstić information content (AvgIpc) is 2.58. The first-order chi connectivity index (χ1) is 13.1. The summed E-state index contributed by atoms with van der Waals surface area (Å²) in [6.45, 7) is 9.25. The van der Waals surface area contributed by atoms with Crippen molar-refractivity contribution in [3.8, 4) is 16.9 Å². The van der Waals surface area contributed by atoms with Crippen LogP contribution >= 0.6 is 0 Å². The van der Waals surface area contributed by atoms with Crippen LogP contribution in [0.4, 0.5) is 5.82 Å². The van der Waals surface area contributed by atoms with E-state index in [1.54, 1.807) is 36.5 Å². The maximum Gasteiger partial charge on any atom is 0.252 e. The van der Waals surface area contributed by atoms with Gasteiger partial charge in [-0.2, -0.15) is 0 Å². The van der Waals surface area contributed by atoms with Gasteiger partial charge in [0.2, 0.25) is 5.91 Å². The standard InChI is InChI=1S/C21H26N4O3/c1-13(2)11-21(4,23)12-28-18-6-5-15(9-17(18)20(22)27)16-7-8-24-19(10-16)25-14(3)26/h5-10H,1,11-12,23H2,2-4H3,(H2,22,27)(H,24,25,26)/t21-/m0/s1. The molecule has 0 radical (unpaired) electrons. The van der Waals surface area contributed by atoms with Gasteiger partial charge < -0.3 is 21.5 Å². The van der Waals surface area contributed by atoms with Gasteiger partial charge in [0.25, 0.3) is 5.91 Å². The van der Waals surface area contributed by atoms with Crippen LogP contribution in [-0.4, -0.2) is 28.9 Å². The molecule has 0 unspecified atom stereocenters. The second-order valence-electron chi connectivity index (χ2n) is 7.26. The normalized spacial score (nSPS) is 12.7. The second-order valence-corrected chi connectivity index (χ2v) is 7.26. The van der Waals surface area contributed by atoms with E-state index < -0.39 is 11.4 Å². The maximum atomic E-state index is 11.9. The number of aromatic nitrogens is 1. The van der Waals surface area contributed by atoms with E-state index in [9.17, 15) is 9.59 Å². The topological polar surface area (TPSA) is 120 Å². The highest BCUT2D eigenvalue weighted by Crippen LogP contribution is 2.28. The molecule has 0 aliphatic heterocycles. The zero-order chi connectivity index (χ0) is 20.9. The van der Waals surface area contributed by atoms with Gasteiger partial charge in [0.1, 0.15) is 18.2 Å². The largest absolute Gasteiger partial charge is 0.491 e. The van der Waals surface area contributed by atoms with Crippen molar-refractivity contribution in [1.82, 2.24) is 4.98 Å². The fourth-order valence-electron chi connectivity index (χ4n) is 2.87. The first-order valence-corrected chi connectivity index (χ1v) is 8.81. The van der Waals surface area contributed by atoms with E-state index in [2.05, 4.69) is 16.9 Å². The monoisotopic (exact) mass is 382 g/mol. The predicted molar refractivity (Wildman–Crippen MR) is 110 cm³/mol. The molecule has 2 rings (SSSR count). The summed E-state index contributed by atoms with van der Waals surface area (Å²) in [7, 11) is 0. The van der Waals surface area contributed by atoms with Crippen molar-refractivity contribution < 1.29 is 14.3 Å². The molecule has 2 amide bonds. The van der Waals surface area contributed by atoms with E-state index in [4.69, 9.17) is 16.2 Å². The Hall–Kier alpha value is -3.19. The molecule has 1 atom stereocenters. The zero-order valence-electron chi connectivity index (χ0n) is 16.4. The van der Waals surface area contributed by atoms with Crippen LogP contribution < -0.4 is 21.5 Å². The Bertz CT molecular complexity index is 906. The third kappa shape index (κ3) is 5.92. The number of primary amides is 1. The molecule has 0 spiro atoms. The van der Waals surface area contributed by atoms with Crippen molar-refractivity contribution in [3.63, 3.8) is 0 Å². The number of nitrogens with two attached hydrogens (primary N) is 2. The minimum Gasteiger partial charge on any atom is -0.491 e. The number of rotatable bonds is 8. The minimum absolute atomic E-state index is 0.210. The van der Waals surface area contributed by atoms with Gasteiger partial charge in [-0.05, 0) is 55.7 Å². The van der Waals surface area contributed by atoms with Crippen molar-refractivity contribution >= 4 is 17.6 Å². The van der Waals surface area contributed by atoms with Gasteiger partial charge in [-0.25, -0.2) is 4.98 Å². The van der Waals surface area contributed by atoms with Gasteiger partial charge >= 0.3 is 0 Å². The molecule has 28 heavy (non-hydrogen) atoms. The molecule has 0 fully saturated rings. The smallest absolute Gasteiger partial charge is 0.252 e. The lowest BCUT2D eigenvalue weighted by molar-refractivity contribution is -0.114. The molecule has 1 aromatic carbocycles. The molecule has 1 aromatic heterocycles. The van der Waals surface area contributed by atoms with Crippen LogP contribution in [0.5, 0.6) is 5.75 Å². The van der Waals surface area contributed by atoms with Gasteiger partial charge in [0, 0.05) is 13.1 Å². The molecular weight excluding hydrogens is 356 g/mol. The summed E-state index contributed by atoms with van der Waals surface area (Å²) < 4.78 is 5.80. The third-order valence-corrected chi connectivity index (χ3v) is 3.91. The number of hydrogen-bond acceptors (Lipinski definition) is 5. The van der Waals surface area contributed by atoms with Gasteiger partial charge in [-0.1, -0.05) is 11.6 Å². The number of pyridine rings is 1. The molecule has 0 aliphatic carbocycles. The van der Waals surface area contributed by atoms with Crippen LogP contribution in [0.2, 0.25) is 0 Å². The Balaban J connectivity index is 2.29. The van der Waals surface area contributed by atoms with Crippen molar-refractivity contribution in [2.45, 2.75) is 32.7 Å². The van der Waals surface area contributed by atoms with Crippen molar-refractivity contribution in [3.05, 3.63) is 54.2 Å². The van der Waals surface area contributed by atoms with Gasteiger partial charge in [-0.3, -0.25) is 9.59 Å². The number of amides is 2. The molecule has 7 nitrogen and oxygen atoms in total. The lowest BCUT2D eigenvalue weighted by Crippen LogP contribution is -2.42. The summed E-state index contributed by atoms with van der Waals surface area (Å²) in [5.41, 5.74) is 13.9. The maximum absolute atomic E-state index is 11.9. The number of anilines is 1. The third-order valence-electron chi connectivity index (χ3n) is 3.91. The van der Waals surface area contributed by atoms with Gasteiger partial charge in [0.15, 0.2) is 0 Å². The highest BCUT2D eigenvalue weighted by molar-refractivity contribution is 5.97. The van der Waals surface area contributed by atoms with E-state index in [-0.39, 0.29) is 18.1 Å². The summed E-state index contributed by atoms with van der Waals surface area (Å²) >= 11 is 0. The number of hydrogen-bond donors (Lipinski definition) is 3. The fourth-order valence-corrected chi connectivity index (χ4v) is 2.87. The molecule has 0 saturated carbocycles. The number of carbonyl (C=O) groups is 2. The quantitative estimate of drug-likeness (QED) is 0.606. The highest BCUT2D eigenvalue weighted by atomic mass is 16.5. The number of benzene rings is 1. The van der Waals surface area contributed by atoms with E-state index in [1.165, 1.54) is 6.92 Å². The van der Waals surface area contributed by atoms with Crippen LogP contribution in [0.25, 0.3) is 11.1 Å². The zero-order valence-corrected chi connectivity index (χ0v) is 16.4. The summed E-state index contributed by atoms with van der Waals surface area (Å²) in [6.07, 6.45) is 2.17. The Labute approximate surface area is 164 Å². The van der Waals surface area contributed by atoms with Crippen LogP contribution in [0, 0.1) is 0 Å². The predicted octanol–water partition coefficient (Wildman–Crippen LogP) is 2.87. The lowest BCUT2D eigenvalue weighted by Gasteiger charge is -2.25. The average molecular weight is 382 g/mol. The Morgan fingerprint density at radius 2 is 1.89 bits per heavy atom. The van der Waals surface area contributed by atoms with Crippen molar-refractivity contribution in [1.29, 1.82) is 0 Å². The number of carbonyl (C=O) groups excluding carboxylic acids is 2. The molecule has 0 bridgehead atoms. The molecule has 0 saturated heterocycles. The molecule has 5 N–H and O–H groups in total. The summed E-state index contributed by atoms with van der Waals surface area (Å²) in [5.74, 6) is -0.0344. The van der Waals surface area contributed by atoms with Crippen LogP contribution in [0.15, 0.2) is 48.7 Å². The van der Waals surface area contributed by atoms with Crippen LogP contribution in [-0.2, 0) is 4.79 Å². The first kappa shape index (κ1) is 21.1. The first-order valence-electron chi connectivity index (χ1n) is 8.81. The van der Waals surface area contributed by atoms with E-state index in [0.717, 1.165) is 16.7 Å². The fraction of sp³-hybridized carbons (Fsp3) is 0.286. The highest BCUT2D eigenvalue weighted by Gasteiger charge is 2.21. The SMILES string of the molecule is C=C(C)C[C@](C)(N)COc1ccc(-c2ccnc(NC(C)=O)c2)cc1C(N)=O. The van der Waals surface area contributed by atoms with Crippen LogP contribution in [0.1, 0.15) is 37.6 Å². The minimum atomic E-state index is -0.613. The molecule has 2 aromatic rings. The van der Waals surface area contributed by atoms with Crippen molar-refractivity contribution in [2.24, 2.45) is 11.5 Å².